The average Bonchev–Trinajstić information content (AvgIpc) is 2.95. The van der Waals surface area contributed by atoms with E-state index in [0.29, 0.717) is 32.1 Å². The van der Waals surface area contributed by atoms with Crippen LogP contribution in [0, 0.1) is 5.82 Å². The van der Waals surface area contributed by atoms with E-state index in [0.717, 1.165) is 56.2 Å². The van der Waals surface area contributed by atoms with Crippen molar-refractivity contribution in [3.63, 3.8) is 0 Å². The summed E-state index contributed by atoms with van der Waals surface area (Å²) in [6.45, 7) is 0. The Morgan fingerprint density at radius 2 is 1.67 bits per heavy atom. The molecule has 5 rings (SSSR count). The Balaban J connectivity index is 1.20. The molecule has 1 amide bonds. The SMILES string of the molecule is O=C(CCCCCc1ccccc1)NC1CCC(n2c(=O)c3cc(F)cnc3n(C3CCSCC3)c2=O)CC1. The lowest BCUT2D eigenvalue weighted by Gasteiger charge is -2.31. The van der Waals surface area contributed by atoms with E-state index in [1.54, 1.807) is 4.57 Å². The monoisotopic (exact) mass is 552 g/mol. The minimum atomic E-state index is -0.581. The minimum absolute atomic E-state index is 0.0469. The molecule has 0 atom stereocenters. The zero-order chi connectivity index (χ0) is 27.2. The summed E-state index contributed by atoms with van der Waals surface area (Å²) in [5, 5.41) is 3.32. The van der Waals surface area contributed by atoms with Gasteiger partial charge >= 0.3 is 5.69 Å². The second kappa shape index (κ2) is 12.9. The van der Waals surface area contributed by atoms with Gasteiger partial charge in [-0.25, -0.2) is 14.2 Å². The van der Waals surface area contributed by atoms with Crippen LogP contribution in [-0.4, -0.2) is 37.6 Å². The van der Waals surface area contributed by atoms with Crippen molar-refractivity contribution >= 4 is 28.7 Å². The van der Waals surface area contributed by atoms with Crippen molar-refractivity contribution in [2.75, 3.05) is 11.5 Å². The predicted molar refractivity (Wildman–Crippen MR) is 154 cm³/mol. The van der Waals surface area contributed by atoms with Crippen molar-refractivity contribution in [2.45, 2.75) is 88.8 Å². The summed E-state index contributed by atoms with van der Waals surface area (Å²) >= 11 is 1.85. The number of amides is 1. The fraction of sp³-hybridized carbons (Fsp3) is 0.533. The van der Waals surface area contributed by atoms with Crippen LogP contribution in [0.2, 0.25) is 0 Å². The summed E-state index contributed by atoms with van der Waals surface area (Å²) in [4.78, 5) is 43.9. The second-order valence-electron chi connectivity index (χ2n) is 10.8. The molecule has 1 aliphatic carbocycles. The molecule has 0 spiro atoms. The third kappa shape index (κ3) is 6.62. The number of thioether (sulfide) groups is 1. The summed E-state index contributed by atoms with van der Waals surface area (Å²) < 4.78 is 17.1. The van der Waals surface area contributed by atoms with Gasteiger partial charge in [0.25, 0.3) is 5.56 Å². The molecular formula is C30H37FN4O3S. The molecule has 1 aromatic carbocycles. The Kier molecular flexibility index (Phi) is 9.17. The number of benzene rings is 1. The number of fused-ring (bicyclic) bond motifs is 1. The number of nitrogens with zero attached hydrogens (tertiary/aromatic N) is 3. The zero-order valence-electron chi connectivity index (χ0n) is 22.3. The van der Waals surface area contributed by atoms with Gasteiger partial charge in [-0.05, 0) is 80.9 Å². The van der Waals surface area contributed by atoms with Gasteiger partial charge in [0.2, 0.25) is 5.91 Å². The number of aryl methyl sites for hydroxylation is 1. The van der Waals surface area contributed by atoms with Crippen molar-refractivity contribution in [3.05, 3.63) is 74.8 Å². The van der Waals surface area contributed by atoms with Crippen LogP contribution in [0.5, 0.6) is 0 Å². The first-order valence-corrected chi connectivity index (χ1v) is 15.4. The van der Waals surface area contributed by atoms with Gasteiger partial charge in [-0.3, -0.25) is 18.7 Å². The maximum atomic E-state index is 14.1. The maximum absolute atomic E-state index is 14.1. The molecule has 3 aromatic rings. The highest BCUT2D eigenvalue weighted by atomic mass is 32.2. The summed E-state index contributed by atoms with van der Waals surface area (Å²) in [5.41, 5.74) is 0.803. The van der Waals surface area contributed by atoms with E-state index in [1.165, 1.54) is 16.2 Å². The van der Waals surface area contributed by atoms with Crippen LogP contribution in [0.1, 0.15) is 81.9 Å². The summed E-state index contributed by atoms with van der Waals surface area (Å²) in [6, 6.07) is 11.3. The van der Waals surface area contributed by atoms with Crippen LogP contribution < -0.4 is 16.6 Å². The van der Waals surface area contributed by atoms with Crippen LogP contribution in [0.15, 0.2) is 52.2 Å². The van der Waals surface area contributed by atoms with Gasteiger partial charge in [0.15, 0.2) is 0 Å². The Labute approximate surface area is 232 Å². The largest absolute Gasteiger partial charge is 0.353 e. The van der Waals surface area contributed by atoms with Crippen molar-refractivity contribution in [3.8, 4) is 0 Å². The van der Waals surface area contributed by atoms with E-state index in [2.05, 4.69) is 34.6 Å². The number of carbonyl (C=O) groups excluding carboxylic acids is 1. The Morgan fingerprint density at radius 3 is 2.41 bits per heavy atom. The Hall–Kier alpha value is -2.94. The molecule has 1 aliphatic heterocycles. The van der Waals surface area contributed by atoms with Gasteiger partial charge in [-0.1, -0.05) is 36.8 Å². The fourth-order valence-corrected chi connectivity index (χ4v) is 7.10. The molecule has 39 heavy (non-hydrogen) atoms. The third-order valence-electron chi connectivity index (χ3n) is 8.12. The molecule has 3 heterocycles. The number of aromatic nitrogens is 3. The normalized spacial score (nSPS) is 20.2. The molecular weight excluding hydrogens is 515 g/mol. The quantitative estimate of drug-likeness (QED) is 0.370. The van der Waals surface area contributed by atoms with Crippen LogP contribution in [0.3, 0.4) is 0 Å². The van der Waals surface area contributed by atoms with Crippen molar-refractivity contribution in [2.24, 2.45) is 0 Å². The zero-order valence-corrected chi connectivity index (χ0v) is 23.1. The first-order valence-electron chi connectivity index (χ1n) is 14.2. The van der Waals surface area contributed by atoms with Gasteiger partial charge in [-0.15, -0.1) is 0 Å². The van der Waals surface area contributed by atoms with Gasteiger partial charge in [0.05, 0.1) is 11.6 Å². The standard InChI is InChI=1S/C30H37FN4O3S/c31-22-19-26-28(32-20-22)34(25-15-17-39-18-16-25)30(38)35(29(26)37)24-13-11-23(12-14-24)33-27(36)10-6-2-5-9-21-7-3-1-4-8-21/h1,3-4,7-8,19-20,23-25H,2,5-6,9-18H2,(H,33,36). The van der Waals surface area contributed by atoms with Gasteiger partial charge in [0, 0.05) is 24.5 Å². The third-order valence-corrected chi connectivity index (χ3v) is 9.17. The predicted octanol–water partition coefficient (Wildman–Crippen LogP) is 5.17. The lowest BCUT2D eigenvalue weighted by atomic mass is 9.90. The highest BCUT2D eigenvalue weighted by Crippen LogP contribution is 2.30. The molecule has 0 radical (unpaired) electrons. The van der Waals surface area contributed by atoms with Crippen LogP contribution in [0.4, 0.5) is 4.39 Å². The number of nitrogens with one attached hydrogen (secondary N) is 1. The second-order valence-corrected chi connectivity index (χ2v) is 12.0. The smallest absolute Gasteiger partial charge is 0.333 e. The number of unbranched alkanes of at least 4 members (excludes halogenated alkanes) is 2. The van der Waals surface area contributed by atoms with E-state index < -0.39 is 11.4 Å². The molecule has 0 unspecified atom stereocenters. The van der Waals surface area contributed by atoms with E-state index in [-0.39, 0.29) is 40.8 Å². The number of hydrogen-bond acceptors (Lipinski definition) is 5. The summed E-state index contributed by atoms with van der Waals surface area (Å²) in [5.74, 6) is 1.37. The number of halogens is 1. The van der Waals surface area contributed by atoms with E-state index in [9.17, 15) is 18.8 Å². The first kappa shape index (κ1) is 27.6. The average molecular weight is 553 g/mol. The summed E-state index contributed by atoms with van der Waals surface area (Å²) in [6.07, 6.45) is 9.86. The van der Waals surface area contributed by atoms with Crippen molar-refractivity contribution in [1.82, 2.24) is 19.4 Å². The van der Waals surface area contributed by atoms with Crippen LogP contribution in [-0.2, 0) is 11.2 Å². The fourth-order valence-electron chi connectivity index (χ4n) is 6.01. The molecule has 7 nitrogen and oxygen atoms in total. The van der Waals surface area contributed by atoms with Gasteiger partial charge in [0.1, 0.15) is 11.5 Å². The molecule has 1 saturated carbocycles. The minimum Gasteiger partial charge on any atom is -0.353 e. The van der Waals surface area contributed by atoms with Crippen LogP contribution >= 0.6 is 11.8 Å². The van der Waals surface area contributed by atoms with Crippen molar-refractivity contribution < 1.29 is 9.18 Å². The first-order chi connectivity index (χ1) is 19.0. The molecule has 1 N–H and O–H groups in total. The number of pyridine rings is 1. The summed E-state index contributed by atoms with van der Waals surface area (Å²) in [7, 11) is 0. The maximum Gasteiger partial charge on any atom is 0.333 e. The van der Waals surface area contributed by atoms with E-state index in [4.69, 9.17) is 0 Å². The van der Waals surface area contributed by atoms with Gasteiger partial charge < -0.3 is 5.32 Å². The number of carbonyl (C=O) groups is 1. The topological polar surface area (TPSA) is 86.0 Å². The molecule has 1 saturated heterocycles. The van der Waals surface area contributed by atoms with Gasteiger partial charge in [-0.2, -0.15) is 11.8 Å². The highest BCUT2D eigenvalue weighted by molar-refractivity contribution is 7.99. The highest BCUT2D eigenvalue weighted by Gasteiger charge is 2.29. The van der Waals surface area contributed by atoms with E-state index in [1.807, 2.05) is 17.8 Å². The molecule has 0 bridgehead atoms. The Bertz CT molecular complexity index is 1390. The van der Waals surface area contributed by atoms with Crippen LogP contribution in [0.25, 0.3) is 11.0 Å². The lowest BCUT2D eigenvalue weighted by molar-refractivity contribution is -0.122. The Morgan fingerprint density at radius 1 is 0.949 bits per heavy atom. The lowest BCUT2D eigenvalue weighted by Crippen LogP contribution is -2.46. The molecule has 208 valence electrons. The number of rotatable bonds is 9. The molecule has 2 aliphatic rings. The number of hydrogen-bond donors (Lipinski definition) is 1. The van der Waals surface area contributed by atoms with Crippen molar-refractivity contribution in [1.29, 1.82) is 0 Å². The molecule has 2 fully saturated rings. The molecule has 2 aromatic heterocycles. The van der Waals surface area contributed by atoms with E-state index >= 15 is 0 Å². The molecule has 9 heteroatoms.